The molecule has 1 amide bonds. The molecule has 0 atom stereocenters. The second-order valence-electron chi connectivity index (χ2n) is 4.77. The average Bonchev–Trinajstić information content (AvgIpc) is 2.58. The van der Waals surface area contributed by atoms with Gasteiger partial charge in [0.05, 0.1) is 13.7 Å². The Labute approximate surface area is 137 Å². The van der Waals surface area contributed by atoms with E-state index in [-0.39, 0.29) is 11.9 Å². The van der Waals surface area contributed by atoms with Gasteiger partial charge in [-0.2, -0.15) is 0 Å². The lowest BCUT2D eigenvalue weighted by molar-refractivity contribution is 0.0922. The van der Waals surface area contributed by atoms with E-state index in [1.54, 1.807) is 31.4 Å². The highest BCUT2D eigenvalue weighted by Gasteiger charge is 2.10. The molecule has 23 heavy (non-hydrogen) atoms. The minimum Gasteiger partial charge on any atom is -0.497 e. The minimum atomic E-state index is -0.265. The number of methoxy groups -OCH3 is 1. The van der Waals surface area contributed by atoms with E-state index in [1.165, 1.54) is 0 Å². The van der Waals surface area contributed by atoms with Crippen LogP contribution in [-0.2, 0) is 9.47 Å². The van der Waals surface area contributed by atoms with Crippen molar-refractivity contribution in [1.82, 2.24) is 5.32 Å². The third-order valence-electron chi connectivity index (χ3n) is 3.01. The molecule has 1 N–H and O–H groups in total. The van der Waals surface area contributed by atoms with E-state index in [4.69, 9.17) is 14.2 Å². The lowest BCUT2D eigenvalue weighted by Crippen LogP contribution is -2.33. The maximum Gasteiger partial charge on any atom is 0.291 e. The van der Waals surface area contributed by atoms with Gasteiger partial charge in [0.15, 0.2) is 0 Å². The van der Waals surface area contributed by atoms with Crippen molar-refractivity contribution in [1.29, 1.82) is 0 Å². The molecule has 0 saturated heterocycles. The molecule has 128 valence electrons. The number of nitrogens with one attached hydrogen (secondary N) is 1. The molecule has 6 heteroatoms. The second kappa shape index (κ2) is 11.5. The Morgan fingerprint density at radius 2 is 1.91 bits per heavy atom. The number of aliphatic imine (C=N–C) groups is 1. The first-order valence-corrected chi connectivity index (χ1v) is 7.91. The van der Waals surface area contributed by atoms with Crippen molar-refractivity contribution < 1.29 is 19.0 Å². The molecule has 0 aliphatic rings. The number of nitrogens with zero attached hydrogens (tertiary/aromatic N) is 1. The summed E-state index contributed by atoms with van der Waals surface area (Å²) in [5.74, 6) is 0.436. The van der Waals surface area contributed by atoms with E-state index in [9.17, 15) is 4.79 Å². The van der Waals surface area contributed by atoms with Crippen LogP contribution in [0.4, 0.5) is 0 Å². The van der Waals surface area contributed by atoms with Crippen LogP contribution in [0.5, 0.6) is 5.75 Å². The SMILES string of the molecule is CCCCN=C(NC(=O)c1ccc(OC)cc1)OCCOCC. The van der Waals surface area contributed by atoms with Crippen LogP contribution in [0.15, 0.2) is 29.3 Å². The largest absolute Gasteiger partial charge is 0.497 e. The lowest BCUT2D eigenvalue weighted by Gasteiger charge is -2.11. The van der Waals surface area contributed by atoms with Crippen LogP contribution in [0, 0.1) is 0 Å². The van der Waals surface area contributed by atoms with E-state index in [1.807, 2.05) is 6.92 Å². The Morgan fingerprint density at radius 1 is 1.17 bits per heavy atom. The summed E-state index contributed by atoms with van der Waals surface area (Å²) in [5.41, 5.74) is 0.516. The summed E-state index contributed by atoms with van der Waals surface area (Å²) in [6.07, 6.45) is 1.97. The Morgan fingerprint density at radius 3 is 2.52 bits per heavy atom. The number of benzene rings is 1. The van der Waals surface area contributed by atoms with Gasteiger partial charge >= 0.3 is 0 Å². The third kappa shape index (κ3) is 7.65. The molecular formula is C17H26N2O4. The van der Waals surface area contributed by atoms with Crippen LogP contribution in [-0.4, -0.2) is 45.4 Å². The second-order valence-corrected chi connectivity index (χ2v) is 4.77. The summed E-state index contributed by atoms with van der Waals surface area (Å²) >= 11 is 0. The molecule has 0 unspecified atom stereocenters. The quantitative estimate of drug-likeness (QED) is 0.431. The topological polar surface area (TPSA) is 69.2 Å². The highest BCUT2D eigenvalue weighted by molar-refractivity contribution is 6.04. The molecule has 6 nitrogen and oxygen atoms in total. The molecule has 0 fully saturated rings. The van der Waals surface area contributed by atoms with Crippen molar-refractivity contribution in [2.45, 2.75) is 26.7 Å². The fraction of sp³-hybridized carbons (Fsp3) is 0.529. The van der Waals surface area contributed by atoms with Crippen LogP contribution in [0.1, 0.15) is 37.0 Å². The van der Waals surface area contributed by atoms with Crippen LogP contribution in [0.25, 0.3) is 0 Å². The predicted molar refractivity (Wildman–Crippen MR) is 90.1 cm³/mol. The molecule has 0 aromatic heterocycles. The van der Waals surface area contributed by atoms with Gasteiger partial charge in [-0.15, -0.1) is 0 Å². The summed E-state index contributed by atoms with van der Waals surface area (Å²) in [6.45, 7) is 6.05. The minimum absolute atomic E-state index is 0.235. The standard InChI is InChI=1S/C17H26N2O4/c1-4-6-11-18-17(23-13-12-22-5-2)19-16(20)14-7-9-15(21-3)10-8-14/h7-10H,4-6,11-13H2,1-3H3,(H,18,19,20). The monoisotopic (exact) mass is 322 g/mol. The Hall–Kier alpha value is -2.08. The Kier molecular flexibility index (Phi) is 9.47. The van der Waals surface area contributed by atoms with Gasteiger partial charge in [-0.3, -0.25) is 10.1 Å². The summed E-state index contributed by atoms with van der Waals surface area (Å²) in [7, 11) is 1.58. The van der Waals surface area contributed by atoms with Crippen molar-refractivity contribution >= 4 is 11.9 Å². The summed E-state index contributed by atoms with van der Waals surface area (Å²) in [6, 6.07) is 7.09. The van der Waals surface area contributed by atoms with Crippen LogP contribution >= 0.6 is 0 Å². The van der Waals surface area contributed by atoms with Gasteiger partial charge in [0.25, 0.3) is 11.9 Å². The van der Waals surface area contributed by atoms with Crippen molar-refractivity contribution in [3.05, 3.63) is 29.8 Å². The van der Waals surface area contributed by atoms with E-state index >= 15 is 0 Å². The number of rotatable bonds is 9. The highest BCUT2D eigenvalue weighted by Crippen LogP contribution is 2.11. The molecule has 0 spiro atoms. The van der Waals surface area contributed by atoms with E-state index in [0.29, 0.717) is 37.7 Å². The van der Waals surface area contributed by atoms with Gasteiger partial charge in [0, 0.05) is 18.7 Å². The van der Waals surface area contributed by atoms with E-state index in [2.05, 4.69) is 17.2 Å². The maximum absolute atomic E-state index is 12.2. The van der Waals surface area contributed by atoms with Crippen LogP contribution < -0.4 is 10.1 Å². The van der Waals surface area contributed by atoms with Gasteiger partial charge in [0.1, 0.15) is 12.4 Å². The van der Waals surface area contributed by atoms with Gasteiger partial charge in [-0.1, -0.05) is 13.3 Å². The molecule has 1 aromatic carbocycles. The fourth-order valence-electron chi connectivity index (χ4n) is 1.71. The number of amides is 1. The van der Waals surface area contributed by atoms with Crippen LogP contribution in [0.3, 0.4) is 0 Å². The normalized spacial score (nSPS) is 11.2. The lowest BCUT2D eigenvalue weighted by atomic mass is 10.2. The first kappa shape index (κ1) is 19.0. The van der Waals surface area contributed by atoms with Crippen LogP contribution in [0.2, 0.25) is 0 Å². The van der Waals surface area contributed by atoms with Crippen molar-refractivity contribution in [2.24, 2.45) is 4.99 Å². The number of amidine groups is 1. The summed E-state index contributed by atoms with van der Waals surface area (Å²) < 4.78 is 15.8. The van der Waals surface area contributed by atoms with Crippen molar-refractivity contribution in [3.63, 3.8) is 0 Å². The highest BCUT2D eigenvalue weighted by atomic mass is 16.5. The van der Waals surface area contributed by atoms with Gasteiger partial charge in [-0.05, 0) is 37.6 Å². The number of ether oxygens (including phenoxy) is 3. The van der Waals surface area contributed by atoms with Crippen molar-refractivity contribution in [2.75, 3.05) is 33.5 Å². The van der Waals surface area contributed by atoms with Crippen molar-refractivity contribution in [3.8, 4) is 5.75 Å². The molecule has 0 radical (unpaired) electrons. The number of unbranched alkanes of at least 4 members (excludes halogenated alkanes) is 1. The van der Waals surface area contributed by atoms with Gasteiger partial charge < -0.3 is 14.2 Å². The molecule has 1 rings (SSSR count). The summed E-state index contributed by atoms with van der Waals surface area (Å²) in [5, 5.41) is 2.70. The van der Waals surface area contributed by atoms with Gasteiger partial charge in [-0.25, -0.2) is 4.99 Å². The first-order valence-electron chi connectivity index (χ1n) is 7.91. The zero-order valence-electron chi connectivity index (χ0n) is 14.1. The number of carbonyl (C=O) groups excluding carboxylic acids is 1. The molecule has 0 aliphatic heterocycles. The molecule has 0 heterocycles. The molecule has 0 bridgehead atoms. The number of hydrogen-bond donors (Lipinski definition) is 1. The Bertz CT molecular complexity index is 486. The fourth-order valence-corrected chi connectivity index (χ4v) is 1.71. The molecule has 0 saturated carbocycles. The molecule has 1 aromatic rings. The summed E-state index contributed by atoms with van der Waals surface area (Å²) in [4.78, 5) is 16.5. The zero-order chi connectivity index (χ0) is 16.9. The molecular weight excluding hydrogens is 296 g/mol. The van der Waals surface area contributed by atoms with E-state index in [0.717, 1.165) is 12.8 Å². The zero-order valence-corrected chi connectivity index (χ0v) is 14.1. The maximum atomic E-state index is 12.2. The Balaban J connectivity index is 2.61. The number of carbonyl (C=O) groups is 1. The molecule has 0 aliphatic carbocycles. The van der Waals surface area contributed by atoms with E-state index < -0.39 is 0 Å². The predicted octanol–water partition coefficient (Wildman–Crippen LogP) is 2.63. The first-order chi connectivity index (χ1) is 11.2. The van der Waals surface area contributed by atoms with Gasteiger partial charge in [0.2, 0.25) is 0 Å². The average molecular weight is 322 g/mol. The smallest absolute Gasteiger partial charge is 0.291 e. The number of hydrogen-bond acceptors (Lipinski definition) is 5. The third-order valence-corrected chi connectivity index (χ3v) is 3.01.